The molecule has 0 aliphatic heterocycles. The molecule has 136 valence electrons. The highest BCUT2D eigenvalue weighted by Gasteiger charge is 2.12. The third-order valence-electron chi connectivity index (χ3n) is 3.11. The van der Waals surface area contributed by atoms with Crippen molar-refractivity contribution in [2.75, 3.05) is 19.7 Å². The van der Waals surface area contributed by atoms with Gasteiger partial charge in [-0.05, 0) is 35.7 Å². The van der Waals surface area contributed by atoms with Crippen molar-refractivity contribution >= 4 is 34.9 Å². The molecule has 1 aromatic heterocycles. The number of carbonyl (C=O) groups is 4. The average Bonchev–Trinajstić information content (AvgIpc) is 3.17. The van der Waals surface area contributed by atoms with E-state index in [1.165, 1.54) is 23.5 Å². The molecule has 2 rings (SSSR count). The Bertz CT molecular complexity index is 790. The third-order valence-corrected chi connectivity index (χ3v) is 3.98. The zero-order chi connectivity index (χ0) is 18.9. The van der Waals surface area contributed by atoms with Gasteiger partial charge in [0.1, 0.15) is 12.4 Å². The lowest BCUT2D eigenvalue weighted by Gasteiger charge is -2.07. The van der Waals surface area contributed by atoms with Crippen molar-refractivity contribution in [3.8, 4) is 0 Å². The molecule has 0 fully saturated rings. The van der Waals surface area contributed by atoms with Crippen LogP contribution < -0.4 is 10.6 Å². The van der Waals surface area contributed by atoms with Gasteiger partial charge in [-0.15, -0.1) is 11.3 Å². The molecule has 0 unspecified atom stereocenters. The first-order valence-electron chi connectivity index (χ1n) is 7.48. The van der Waals surface area contributed by atoms with E-state index in [1.807, 2.05) is 0 Å². The second kappa shape index (κ2) is 9.42. The third kappa shape index (κ3) is 6.10. The molecule has 0 spiro atoms. The molecule has 1 heterocycles. The molecule has 9 heteroatoms. The first-order chi connectivity index (χ1) is 12.5. The van der Waals surface area contributed by atoms with Crippen molar-refractivity contribution in [2.45, 2.75) is 0 Å². The smallest absolute Gasteiger partial charge is 0.325 e. The van der Waals surface area contributed by atoms with E-state index in [1.54, 1.807) is 17.5 Å². The van der Waals surface area contributed by atoms with E-state index >= 15 is 0 Å². The molecule has 0 radical (unpaired) electrons. The maximum Gasteiger partial charge on any atom is 0.325 e. The van der Waals surface area contributed by atoms with E-state index in [2.05, 4.69) is 10.6 Å². The largest absolute Gasteiger partial charge is 0.456 e. The number of amides is 2. The summed E-state index contributed by atoms with van der Waals surface area (Å²) in [4.78, 5) is 47.0. The van der Waals surface area contributed by atoms with E-state index in [9.17, 15) is 23.6 Å². The van der Waals surface area contributed by atoms with Crippen LogP contribution >= 0.6 is 11.3 Å². The number of carbonyl (C=O) groups excluding carboxylic acids is 4. The normalized spacial score (nSPS) is 10.0. The van der Waals surface area contributed by atoms with Crippen molar-refractivity contribution in [2.24, 2.45) is 0 Å². The van der Waals surface area contributed by atoms with Crippen LogP contribution in [-0.4, -0.2) is 43.3 Å². The Hall–Kier alpha value is -3.07. The number of nitrogens with one attached hydrogen (secondary N) is 2. The lowest BCUT2D eigenvalue weighted by Crippen LogP contribution is -2.39. The fourth-order valence-corrected chi connectivity index (χ4v) is 2.44. The van der Waals surface area contributed by atoms with Gasteiger partial charge in [-0.25, -0.2) is 4.39 Å². The lowest BCUT2D eigenvalue weighted by molar-refractivity contribution is -0.142. The first-order valence-corrected chi connectivity index (χ1v) is 8.36. The molecule has 7 nitrogen and oxygen atoms in total. The van der Waals surface area contributed by atoms with E-state index < -0.39 is 36.6 Å². The van der Waals surface area contributed by atoms with Gasteiger partial charge in [0, 0.05) is 5.56 Å². The standard InChI is InChI=1S/C17H15FN2O5S/c18-12-5-3-11(4-6-12)13(21)10-25-16(23)9-19-15(22)8-20-17(24)14-2-1-7-26-14/h1-7H,8-10H2,(H,19,22)(H,20,24). The van der Waals surface area contributed by atoms with Crippen LogP contribution in [-0.2, 0) is 14.3 Å². The molecular weight excluding hydrogens is 363 g/mol. The molecule has 0 saturated carbocycles. The monoisotopic (exact) mass is 378 g/mol. The van der Waals surface area contributed by atoms with Crippen molar-refractivity contribution in [3.63, 3.8) is 0 Å². The van der Waals surface area contributed by atoms with Crippen LogP contribution in [0.2, 0.25) is 0 Å². The Balaban J connectivity index is 1.64. The fraction of sp³-hybridized carbons (Fsp3) is 0.176. The molecule has 0 saturated heterocycles. The summed E-state index contributed by atoms with van der Waals surface area (Å²) < 4.78 is 17.5. The summed E-state index contributed by atoms with van der Waals surface area (Å²) >= 11 is 1.24. The van der Waals surface area contributed by atoms with Crippen molar-refractivity contribution < 1.29 is 28.3 Å². The number of rotatable bonds is 8. The van der Waals surface area contributed by atoms with E-state index in [0.29, 0.717) is 4.88 Å². The Morgan fingerprint density at radius 2 is 1.73 bits per heavy atom. The summed E-state index contributed by atoms with van der Waals surface area (Å²) in [6.07, 6.45) is 0. The van der Waals surface area contributed by atoms with Crippen LogP contribution in [0.5, 0.6) is 0 Å². The zero-order valence-corrected chi connectivity index (χ0v) is 14.3. The van der Waals surface area contributed by atoms with E-state index in [0.717, 1.165) is 12.1 Å². The first kappa shape index (κ1) is 19.3. The maximum atomic E-state index is 12.8. The number of Topliss-reactive ketones (excluding diaryl/α,β-unsaturated/α-hetero) is 1. The molecule has 1 aromatic carbocycles. The second-order valence-corrected chi connectivity index (χ2v) is 5.98. The molecule has 0 bridgehead atoms. The predicted molar refractivity (Wildman–Crippen MR) is 91.4 cm³/mol. The molecule has 26 heavy (non-hydrogen) atoms. The molecule has 0 aliphatic rings. The number of thiophene rings is 1. The van der Waals surface area contributed by atoms with Crippen molar-refractivity contribution in [3.05, 3.63) is 58.0 Å². The van der Waals surface area contributed by atoms with Gasteiger partial charge in [-0.3, -0.25) is 19.2 Å². The van der Waals surface area contributed by atoms with Crippen molar-refractivity contribution in [1.82, 2.24) is 10.6 Å². The van der Waals surface area contributed by atoms with Gasteiger partial charge in [-0.1, -0.05) is 6.07 Å². The summed E-state index contributed by atoms with van der Waals surface area (Å²) in [5, 5.41) is 6.41. The summed E-state index contributed by atoms with van der Waals surface area (Å²) in [5.74, 6) is -2.74. The van der Waals surface area contributed by atoms with Crippen molar-refractivity contribution in [1.29, 1.82) is 0 Å². The van der Waals surface area contributed by atoms with Crippen LogP contribution in [0.25, 0.3) is 0 Å². The van der Waals surface area contributed by atoms with Crippen LogP contribution in [0.1, 0.15) is 20.0 Å². The summed E-state index contributed by atoms with van der Waals surface area (Å²) in [6.45, 7) is -1.25. The topological polar surface area (TPSA) is 102 Å². The molecule has 0 atom stereocenters. The Morgan fingerprint density at radius 1 is 1.00 bits per heavy atom. The Kier molecular flexibility index (Phi) is 6.98. The highest BCUT2D eigenvalue weighted by Crippen LogP contribution is 2.07. The predicted octanol–water partition coefficient (Wildman–Crippen LogP) is 1.16. The zero-order valence-electron chi connectivity index (χ0n) is 13.5. The van der Waals surface area contributed by atoms with Gasteiger partial charge in [0.05, 0.1) is 11.4 Å². The van der Waals surface area contributed by atoms with Crippen LogP contribution in [0, 0.1) is 5.82 Å². The van der Waals surface area contributed by atoms with Crippen LogP contribution in [0.3, 0.4) is 0 Å². The summed E-state index contributed by atoms with van der Waals surface area (Å²) in [5.41, 5.74) is 0.208. The minimum Gasteiger partial charge on any atom is -0.456 e. The van der Waals surface area contributed by atoms with Crippen LogP contribution in [0.4, 0.5) is 4.39 Å². The molecule has 2 aromatic rings. The number of ketones is 1. The minimum absolute atomic E-state index is 0.208. The minimum atomic E-state index is -0.807. The number of esters is 1. The van der Waals surface area contributed by atoms with E-state index in [-0.39, 0.29) is 18.0 Å². The molecular formula is C17H15FN2O5S. The van der Waals surface area contributed by atoms with Gasteiger partial charge in [0.15, 0.2) is 12.4 Å². The Labute approximate surface area is 152 Å². The number of hydrogen-bond donors (Lipinski definition) is 2. The number of benzene rings is 1. The number of hydrogen-bond acceptors (Lipinski definition) is 6. The van der Waals surface area contributed by atoms with Gasteiger partial charge >= 0.3 is 5.97 Å². The van der Waals surface area contributed by atoms with Gasteiger partial charge in [0.25, 0.3) is 5.91 Å². The fourth-order valence-electron chi connectivity index (χ4n) is 1.80. The SMILES string of the molecule is O=C(CNC(=O)c1cccs1)NCC(=O)OCC(=O)c1ccc(F)cc1. The summed E-state index contributed by atoms with van der Waals surface area (Å²) in [6, 6.07) is 8.14. The van der Waals surface area contributed by atoms with Gasteiger partial charge in [-0.2, -0.15) is 0 Å². The Morgan fingerprint density at radius 3 is 2.38 bits per heavy atom. The number of ether oxygens (including phenoxy) is 1. The number of halogens is 1. The maximum absolute atomic E-state index is 12.8. The van der Waals surface area contributed by atoms with Gasteiger partial charge < -0.3 is 15.4 Å². The molecule has 2 N–H and O–H groups in total. The van der Waals surface area contributed by atoms with E-state index in [4.69, 9.17) is 4.74 Å². The highest BCUT2D eigenvalue weighted by molar-refractivity contribution is 7.12. The quantitative estimate of drug-likeness (QED) is 0.530. The summed E-state index contributed by atoms with van der Waals surface area (Å²) in [7, 11) is 0. The highest BCUT2D eigenvalue weighted by atomic mass is 32.1. The average molecular weight is 378 g/mol. The molecule has 0 aliphatic carbocycles. The van der Waals surface area contributed by atoms with Crippen LogP contribution in [0.15, 0.2) is 41.8 Å². The molecule has 2 amide bonds. The second-order valence-electron chi connectivity index (χ2n) is 5.03. The lowest BCUT2D eigenvalue weighted by atomic mass is 10.1. The van der Waals surface area contributed by atoms with Gasteiger partial charge in [0.2, 0.25) is 5.91 Å².